The Morgan fingerprint density at radius 3 is 2.64 bits per heavy atom. The van der Waals surface area contributed by atoms with Crippen LogP contribution in [0.4, 0.5) is 4.39 Å². The van der Waals surface area contributed by atoms with Gasteiger partial charge in [0, 0.05) is 19.4 Å². The molecule has 1 aromatic carbocycles. The van der Waals surface area contributed by atoms with Gasteiger partial charge < -0.3 is 14.3 Å². The minimum absolute atomic E-state index is 0.117. The molecule has 0 spiro atoms. The summed E-state index contributed by atoms with van der Waals surface area (Å²) in [6.07, 6.45) is 4.71. The second-order valence-corrected chi connectivity index (χ2v) is 6.45. The highest BCUT2D eigenvalue weighted by atomic mass is 19.1. The summed E-state index contributed by atoms with van der Waals surface area (Å²) in [6, 6.07) is 8.99. The maximum atomic E-state index is 13.2. The molecule has 0 aliphatic rings. The fourth-order valence-electron chi connectivity index (χ4n) is 3.01. The molecule has 8 heteroatoms. The first-order valence-electron chi connectivity index (χ1n) is 8.63. The van der Waals surface area contributed by atoms with Crippen LogP contribution in [0, 0.1) is 5.82 Å². The zero-order chi connectivity index (χ0) is 19.8. The first-order chi connectivity index (χ1) is 13.4. The highest BCUT2D eigenvalue weighted by Gasteiger charge is 2.18. The van der Waals surface area contributed by atoms with Crippen molar-refractivity contribution in [3.63, 3.8) is 0 Å². The lowest BCUT2D eigenvalue weighted by Gasteiger charge is -2.09. The van der Waals surface area contributed by atoms with E-state index in [4.69, 9.17) is 4.42 Å². The van der Waals surface area contributed by atoms with Crippen LogP contribution in [0.1, 0.15) is 29.2 Å². The molecule has 3 heterocycles. The van der Waals surface area contributed by atoms with Gasteiger partial charge in [-0.3, -0.25) is 14.0 Å². The topological polar surface area (TPSA) is 81.5 Å². The fraction of sp³-hybridized carbons (Fsp3) is 0.150. The number of nitrogens with zero attached hydrogens (tertiary/aromatic N) is 3. The molecule has 1 amide bonds. The van der Waals surface area contributed by atoms with Crippen molar-refractivity contribution in [3.05, 3.63) is 82.7 Å². The van der Waals surface area contributed by atoms with E-state index in [1.54, 1.807) is 44.4 Å². The van der Waals surface area contributed by atoms with Crippen molar-refractivity contribution in [1.82, 2.24) is 19.3 Å². The van der Waals surface area contributed by atoms with Crippen molar-refractivity contribution < 1.29 is 13.6 Å². The average molecular weight is 380 g/mol. The van der Waals surface area contributed by atoms with Crippen molar-refractivity contribution in [2.45, 2.75) is 13.0 Å². The molecule has 0 radical (unpaired) electrons. The highest BCUT2D eigenvalue weighted by Crippen LogP contribution is 2.19. The summed E-state index contributed by atoms with van der Waals surface area (Å²) >= 11 is 0. The average Bonchev–Trinajstić information content (AvgIpc) is 3.35. The number of aromatic nitrogens is 3. The van der Waals surface area contributed by atoms with E-state index in [2.05, 4.69) is 10.3 Å². The number of carbonyl (C=O) groups excluding carboxylic acids is 1. The molecule has 4 aromatic rings. The maximum absolute atomic E-state index is 13.2. The van der Waals surface area contributed by atoms with Gasteiger partial charge in [-0.2, -0.15) is 0 Å². The fourth-order valence-corrected chi connectivity index (χ4v) is 3.01. The Kier molecular flexibility index (Phi) is 4.31. The van der Waals surface area contributed by atoms with Crippen LogP contribution in [0.2, 0.25) is 0 Å². The maximum Gasteiger partial charge on any atom is 0.294 e. The SMILES string of the molecule is CC(NC(=O)c1cn2cc(-c3ccc(F)cc3)n(C)c(=O)c2n1)c1ccco1. The predicted molar refractivity (Wildman–Crippen MR) is 100 cm³/mol. The Balaban J connectivity index is 1.71. The van der Waals surface area contributed by atoms with E-state index < -0.39 is 5.91 Å². The summed E-state index contributed by atoms with van der Waals surface area (Å²) in [6.45, 7) is 1.79. The van der Waals surface area contributed by atoms with Crippen LogP contribution in [-0.2, 0) is 7.05 Å². The standard InChI is InChI=1S/C20H17FN4O3/c1-12(17-4-3-9-28-17)22-19(26)15-10-25-11-16(13-5-7-14(21)8-6-13)24(2)20(27)18(25)23-15/h3-12H,1-2H3,(H,22,26). The predicted octanol–water partition coefficient (Wildman–Crippen LogP) is 2.92. The number of carbonyl (C=O) groups is 1. The first-order valence-corrected chi connectivity index (χ1v) is 8.63. The van der Waals surface area contributed by atoms with E-state index in [1.807, 2.05) is 0 Å². The third kappa shape index (κ3) is 3.09. The molecule has 7 nitrogen and oxygen atoms in total. The molecule has 1 N–H and O–H groups in total. The monoisotopic (exact) mass is 380 g/mol. The number of nitrogens with one attached hydrogen (secondary N) is 1. The molecule has 1 atom stereocenters. The normalized spacial score (nSPS) is 12.2. The minimum Gasteiger partial charge on any atom is -0.467 e. The van der Waals surface area contributed by atoms with Crippen molar-refractivity contribution >= 4 is 11.6 Å². The Morgan fingerprint density at radius 1 is 1.21 bits per heavy atom. The van der Waals surface area contributed by atoms with E-state index in [0.717, 1.165) is 0 Å². The molecule has 142 valence electrons. The third-order valence-electron chi connectivity index (χ3n) is 4.54. The van der Waals surface area contributed by atoms with Crippen LogP contribution in [0.3, 0.4) is 0 Å². The number of amides is 1. The van der Waals surface area contributed by atoms with Gasteiger partial charge in [0.05, 0.1) is 18.0 Å². The quantitative estimate of drug-likeness (QED) is 0.590. The van der Waals surface area contributed by atoms with E-state index in [9.17, 15) is 14.0 Å². The molecular weight excluding hydrogens is 363 g/mol. The van der Waals surface area contributed by atoms with E-state index in [0.29, 0.717) is 17.0 Å². The lowest BCUT2D eigenvalue weighted by molar-refractivity contribution is 0.0931. The van der Waals surface area contributed by atoms with Crippen molar-refractivity contribution in [2.75, 3.05) is 0 Å². The molecule has 0 aliphatic carbocycles. The summed E-state index contributed by atoms with van der Waals surface area (Å²) < 4.78 is 21.4. The molecule has 0 fully saturated rings. The van der Waals surface area contributed by atoms with E-state index in [1.165, 1.54) is 33.6 Å². The second-order valence-electron chi connectivity index (χ2n) is 6.45. The van der Waals surface area contributed by atoms with Crippen molar-refractivity contribution in [1.29, 1.82) is 0 Å². The Bertz CT molecular complexity index is 1210. The van der Waals surface area contributed by atoms with Gasteiger partial charge in [-0.25, -0.2) is 9.37 Å². The van der Waals surface area contributed by atoms with Gasteiger partial charge >= 0.3 is 0 Å². The minimum atomic E-state index is -0.419. The lowest BCUT2D eigenvalue weighted by Crippen LogP contribution is -2.26. The Labute approximate surface area is 159 Å². The third-order valence-corrected chi connectivity index (χ3v) is 4.54. The Morgan fingerprint density at radius 2 is 1.96 bits per heavy atom. The van der Waals surface area contributed by atoms with Gasteiger partial charge in [-0.05, 0) is 48.9 Å². The van der Waals surface area contributed by atoms with Crippen molar-refractivity contribution in [3.8, 4) is 11.3 Å². The number of hydrogen-bond donors (Lipinski definition) is 1. The van der Waals surface area contributed by atoms with Crippen LogP contribution in [-0.4, -0.2) is 19.9 Å². The zero-order valence-corrected chi connectivity index (χ0v) is 15.2. The first kappa shape index (κ1) is 17.7. The summed E-state index contributed by atoms with van der Waals surface area (Å²) in [5.74, 6) is -0.160. The number of halogens is 1. The summed E-state index contributed by atoms with van der Waals surface area (Å²) in [5, 5.41) is 2.79. The number of imidazole rings is 1. The Hall–Kier alpha value is -3.68. The van der Waals surface area contributed by atoms with Crippen LogP contribution in [0.25, 0.3) is 16.9 Å². The van der Waals surface area contributed by atoms with Gasteiger partial charge in [0.15, 0.2) is 0 Å². The molecule has 28 heavy (non-hydrogen) atoms. The van der Waals surface area contributed by atoms with E-state index in [-0.39, 0.29) is 28.8 Å². The van der Waals surface area contributed by atoms with Gasteiger partial charge in [0.1, 0.15) is 17.3 Å². The van der Waals surface area contributed by atoms with Gasteiger partial charge in [-0.15, -0.1) is 0 Å². The van der Waals surface area contributed by atoms with Gasteiger partial charge in [0.25, 0.3) is 11.5 Å². The largest absolute Gasteiger partial charge is 0.467 e. The number of benzene rings is 1. The number of hydrogen-bond acceptors (Lipinski definition) is 4. The van der Waals surface area contributed by atoms with Crippen LogP contribution < -0.4 is 10.9 Å². The summed E-state index contributed by atoms with van der Waals surface area (Å²) in [7, 11) is 1.61. The smallest absolute Gasteiger partial charge is 0.294 e. The molecule has 3 aromatic heterocycles. The zero-order valence-electron chi connectivity index (χ0n) is 15.2. The summed E-state index contributed by atoms with van der Waals surface area (Å²) in [4.78, 5) is 29.4. The van der Waals surface area contributed by atoms with Crippen molar-refractivity contribution in [2.24, 2.45) is 7.05 Å². The van der Waals surface area contributed by atoms with Crippen LogP contribution in [0.5, 0.6) is 0 Å². The molecule has 0 saturated carbocycles. The summed E-state index contributed by atoms with van der Waals surface area (Å²) in [5.41, 5.74) is 1.13. The number of fused-ring (bicyclic) bond motifs is 1. The van der Waals surface area contributed by atoms with Crippen LogP contribution >= 0.6 is 0 Å². The number of furan rings is 1. The molecular formula is C20H17FN4O3. The van der Waals surface area contributed by atoms with E-state index >= 15 is 0 Å². The number of rotatable bonds is 4. The lowest BCUT2D eigenvalue weighted by atomic mass is 10.1. The molecule has 1 unspecified atom stereocenters. The molecule has 0 aliphatic heterocycles. The van der Waals surface area contributed by atoms with Crippen LogP contribution in [0.15, 0.2) is 64.3 Å². The molecule has 0 saturated heterocycles. The van der Waals surface area contributed by atoms with Gasteiger partial charge in [0.2, 0.25) is 5.65 Å². The molecule has 0 bridgehead atoms. The van der Waals surface area contributed by atoms with Gasteiger partial charge in [-0.1, -0.05) is 0 Å². The second kappa shape index (κ2) is 6.80. The molecule has 4 rings (SSSR count). The highest BCUT2D eigenvalue weighted by molar-refractivity contribution is 5.93.